The molecule has 0 saturated carbocycles. The Morgan fingerprint density at radius 1 is 1.03 bits per heavy atom. The van der Waals surface area contributed by atoms with Gasteiger partial charge >= 0.3 is 0 Å². The maximum Gasteiger partial charge on any atom is 0.253 e. The van der Waals surface area contributed by atoms with E-state index in [4.69, 9.17) is 14.2 Å². The highest BCUT2D eigenvalue weighted by Crippen LogP contribution is 2.41. The second-order valence-corrected chi connectivity index (χ2v) is 8.01. The summed E-state index contributed by atoms with van der Waals surface area (Å²) in [7, 11) is 1.61. The minimum atomic E-state index is -0.410. The number of anilines is 1. The van der Waals surface area contributed by atoms with Crippen LogP contribution in [-0.4, -0.2) is 32.8 Å². The zero-order chi connectivity index (χ0) is 23.9. The van der Waals surface area contributed by atoms with Crippen LogP contribution in [0.2, 0.25) is 0 Å². The number of nitrogens with zero attached hydrogens (tertiary/aromatic N) is 1. The molecule has 0 N–H and O–H groups in total. The highest BCUT2D eigenvalue weighted by molar-refractivity contribution is 6.05. The molecule has 1 aliphatic rings. The molecule has 1 heterocycles. The number of benzene rings is 3. The first-order valence-corrected chi connectivity index (χ1v) is 11.3. The van der Waals surface area contributed by atoms with Crippen LogP contribution in [0.15, 0.2) is 66.7 Å². The summed E-state index contributed by atoms with van der Waals surface area (Å²) in [4.78, 5) is 14.9. The van der Waals surface area contributed by atoms with Gasteiger partial charge in [0.05, 0.1) is 32.6 Å². The summed E-state index contributed by atoms with van der Waals surface area (Å²) in [5, 5.41) is 0. The van der Waals surface area contributed by atoms with Crippen molar-refractivity contribution in [1.29, 1.82) is 0 Å². The highest BCUT2D eigenvalue weighted by Gasteiger charge is 2.29. The summed E-state index contributed by atoms with van der Waals surface area (Å²) in [6.07, 6.45) is 2.59. The molecule has 0 aliphatic carbocycles. The van der Waals surface area contributed by atoms with E-state index < -0.39 is 5.82 Å². The quantitative estimate of drug-likeness (QED) is 0.409. The average Bonchev–Trinajstić information content (AvgIpc) is 2.88. The molecule has 0 spiro atoms. The van der Waals surface area contributed by atoms with Gasteiger partial charge in [-0.2, -0.15) is 0 Å². The van der Waals surface area contributed by atoms with Crippen LogP contribution < -0.4 is 14.4 Å². The summed E-state index contributed by atoms with van der Waals surface area (Å²) in [6.45, 7) is 2.93. The van der Waals surface area contributed by atoms with Gasteiger partial charge in [-0.3, -0.25) is 4.79 Å². The monoisotopic (exact) mass is 461 g/mol. The first-order valence-electron chi connectivity index (χ1n) is 11.3. The lowest BCUT2D eigenvalue weighted by atomic mass is 9.96. The molecule has 0 bridgehead atoms. The van der Waals surface area contributed by atoms with Crippen molar-refractivity contribution < 1.29 is 23.4 Å². The Kier molecular flexibility index (Phi) is 7.60. The van der Waals surface area contributed by atoms with E-state index in [1.165, 1.54) is 6.07 Å². The van der Waals surface area contributed by atoms with Gasteiger partial charge < -0.3 is 19.1 Å². The first kappa shape index (κ1) is 23.5. The van der Waals surface area contributed by atoms with Crippen LogP contribution in [0, 0.1) is 5.82 Å². The smallest absolute Gasteiger partial charge is 0.253 e. The van der Waals surface area contributed by atoms with Crippen molar-refractivity contribution in [2.45, 2.75) is 20.0 Å². The van der Waals surface area contributed by atoms with Crippen molar-refractivity contribution >= 4 is 23.2 Å². The van der Waals surface area contributed by atoms with Crippen LogP contribution >= 0.6 is 0 Å². The second kappa shape index (κ2) is 11.0. The van der Waals surface area contributed by atoms with E-state index >= 15 is 4.39 Å². The topological polar surface area (TPSA) is 48.0 Å². The standard InChI is InChI=1S/C28H28FNO4/c1-3-15-34-26-14-13-25(29)24-16-22(21-9-11-23(32-2)12-10-21)17-30(28(24)26)27(31)19-33-18-20-7-5-4-6-8-20/h4-14,16H,3,15,17-19H2,1-2H3. The van der Waals surface area contributed by atoms with E-state index in [-0.39, 0.29) is 19.1 Å². The number of amides is 1. The normalized spacial score (nSPS) is 12.7. The number of ether oxygens (including phenoxy) is 3. The average molecular weight is 462 g/mol. The second-order valence-electron chi connectivity index (χ2n) is 8.01. The third-order valence-electron chi connectivity index (χ3n) is 5.60. The number of fused-ring (bicyclic) bond motifs is 1. The molecule has 4 rings (SSSR count). The fourth-order valence-electron chi connectivity index (χ4n) is 3.88. The molecule has 176 valence electrons. The highest BCUT2D eigenvalue weighted by atomic mass is 19.1. The van der Waals surface area contributed by atoms with Crippen molar-refractivity contribution in [1.82, 2.24) is 0 Å². The first-order chi connectivity index (χ1) is 16.6. The number of carbonyl (C=O) groups is 1. The molecule has 6 heteroatoms. The van der Waals surface area contributed by atoms with Gasteiger partial charge in [-0.15, -0.1) is 0 Å². The predicted molar refractivity (Wildman–Crippen MR) is 132 cm³/mol. The predicted octanol–water partition coefficient (Wildman–Crippen LogP) is 5.73. The van der Waals surface area contributed by atoms with Gasteiger partial charge in [0.25, 0.3) is 5.91 Å². The van der Waals surface area contributed by atoms with Crippen molar-refractivity contribution in [2.24, 2.45) is 0 Å². The molecular formula is C28H28FNO4. The van der Waals surface area contributed by atoms with Gasteiger partial charge in [-0.1, -0.05) is 49.4 Å². The number of methoxy groups -OCH3 is 1. The van der Waals surface area contributed by atoms with Crippen LogP contribution in [0.3, 0.4) is 0 Å². The van der Waals surface area contributed by atoms with Crippen molar-refractivity contribution in [3.05, 3.63) is 89.2 Å². The lowest BCUT2D eigenvalue weighted by molar-refractivity contribution is -0.123. The molecule has 0 unspecified atom stereocenters. The molecule has 34 heavy (non-hydrogen) atoms. The van der Waals surface area contributed by atoms with Gasteiger partial charge in [-0.25, -0.2) is 4.39 Å². The van der Waals surface area contributed by atoms with Crippen LogP contribution in [0.1, 0.15) is 30.0 Å². The number of halogens is 1. The van der Waals surface area contributed by atoms with Gasteiger partial charge in [-0.05, 0) is 53.5 Å². The van der Waals surface area contributed by atoms with Crippen LogP contribution in [-0.2, 0) is 16.1 Å². The molecule has 3 aromatic rings. The van der Waals surface area contributed by atoms with Crippen LogP contribution in [0.25, 0.3) is 11.6 Å². The molecule has 1 aliphatic heterocycles. The number of hydrogen-bond acceptors (Lipinski definition) is 4. The molecule has 0 aromatic heterocycles. The Morgan fingerprint density at radius 2 is 1.79 bits per heavy atom. The van der Waals surface area contributed by atoms with Crippen LogP contribution in [0.4, 0.5) is 10.1 Å². The summed E-state index contributed by atoms with van der Waals surface area (Å²) in [6, 6.07) is 20.1. The van der Waals surface area contributed by atoms with Gasteiger partial charge in [0.2, 0.25) is 0 Å². The van der Waals surface area contributed by atoms with Crippen molar-refractivity contribution in [3.63, 3.8) is 0 Å². The summed E-state index contributed by atoms with van der Waals surface area (Å²) >= 11 is 0. The maximum atomic E-state index is 15.0. The fraction of sp³-hybridized carbons (Fsp3) is 0.250. The van der Waals surface area contributed by atoms with Crippen LogP contribution in [0.5, 0.6) is 11.5 Å². The Morgan fingerprint density at radius 3 is 2.50 bits per heavy atom. The molecule has 5 nitrogen and oxygen atoms in total. The fourth-order valence-corrected chi connectivity index (χ4v) is 3.88. The summed E-state index contributed by atoms with van der Waals surface area (Å²) in [5.41, 5.74) is 3.46. The van der Waals surface area contributed by atoms with Gasteiger partial charge in [0.15, 0.2) is 0 Å². The Balaban J connectivity index is 1.65. The molecule has 3 aromatic carbocycles. The largest absolute Gasteiger partial charge is 0.497 e. The van der Waals surface area contributed by atoms with Gasteiger partial charge in [0.1, 0.15) is 23.9 Å². The Labute approximate surface area is 199 Å². The Hall–Kier alpha value is -3.64. The molecular weight excluding hydrogens is 433 g/mol. The van der Waals surface area contributed by atoms with Crippen molar-refractivity contribution in [3.8, 4) is 11.5 Å². The molecule has 0 atom stereocenters. The van der Waals surface area contributed by atoms with E-state index in [0.29, 0.717) is 30.2 Å². The van der Waals surface area contributed by atoms with E-state index in [1.807, 2.05) is 61.5 Å². The molecule has 1 amide bonds. The lowest BCUT2D eigenvalue weighted by Gasteiger charge is -2.31. The zero-order valence-electron chi connectivity index (χ0n) is 19.4. The summed E-state index contributed by atoms with van der Waals surface area (Å²) in [5.74, 6) is 0.541. The third-order valence-corrected chi connectivity index (χ3v) is 5.60. The number of hydrogen-bond donors (Lipinski definition) is 0. The van der Waals surface area contributed by atoms with E-state index in [1.54, 1.807) is 24.2 Å². The third kappa shape index (κ3) is 5.29. The molecule has 0 fully saturated rings. The number of rotatable bonds is 9. The SMILES string of the molecule is CCCOc1ccc(F)c2c1N(C(=O)COCc1ccccc1)CC(c1ccc(OC)cc1)=C2. The Bertz CT molecular complexity index is 1160. The summed E-state index contributed by atoms with van der Waals surface area (Å²) < 4.78 is 31.8. The van der Waals surface area contributed by atoms with Crippen molar-refractivity contribution in [2.75, 3.05) is 31.8 Å². The van der Waals surface area contributed by atoms with Gasteiger partial charge in [0, 0.05) is 5.56 Å². The maximum absolute atomic E-state index is 15.0. The van der Waals surface area contributed by atoms with E-state index in [9.17, 15) is 4.79 Å². The molecule has 0 saturated heterocycles. The molecule has 0 radical (unpaired) electrons. The zero-order valence-corrected chi connectivity index (χ0v) is 19.4. The lowest BCUT2D eigenvalue weighted by Crippen LogP contribution is -2.38. The van der Waals surface area contributed by atoms with E-state index in [2.05, 4.69) is 0 Å². The number of carbonyl (C=O) groups excluding carboxylic acids is 1. The minimum absolute atomic E-state index is 0.131. The van der Waals surface area contributed by atoms with E-state index in [0.717, 1.165) is 28.9 Å². The minimum Gasteiger partial charge on any atom is -0.497 e.